The molecule has 2 fully saturated rings. The van der Waals surface area contributed by atoms with Gasteiger partial charge in [-0.05, 0) is 63.6 Å². The lowest BCUT2D eigenvalue weighted by Gasteiger charge is -2.37. The van der Waals surface area contributed by atoms with Crippen molar-refractivity contribution in [1.82, 2.24) is 4.90 Å². The lowest BCUT2D eigenvalue weighted by atomic mass is 9.98. The maximum Gasteiger partial charge on any atom is 0.264 e. The predicted molar refractivity (Wildman–Crippen MR) is 79.9 cm³/mol. The van der Waals surface area contributed by atoms with Gasteiger partial charge in [-0.2, -0.15) is 0 Å². The summed E-state index contributed by atoms with van der Waals surface area (Å²) in [7, 11) is 0. The van der Waals surface area contributed by atoms with Crippen molar-refractivity contribution in [1.29, 1.82) is 0 Å². The third-order valence-corrected chi connectivity index (χ3v) is 7.10. The molecule has 6 heteroatoms. The van der Waals surface area contributed by atoms with Gasteiger partial charge in [0.2, 0.25) is 0 Å². The lowest BCUT2D eigenvalue weighted by Crippen LogP contribution is -2.49. The molecule has 0 radical (unpaired) electrons. The van der Waals surface area contributed by atoms with Crippen molar-refractivity contribution in [3.05, 3.63) is 19.2 Å². The molecule has 2 atom stereocenters. The quantitative estimate of drug-likeness (QED) is 0.794. The van der Waals surface area contributed by atoms with Gasteiger partial charge in [-0.3, -0.25) is 4.79 Å². The van der Waals surface area contributed by atoms with Gasteiger partial charge in [0.05, 0.1) is 8.66 Å². The van der Waals surface area contributed by atoms with E-state index in [1.807, 2.05) is 6.07 Å². The Bertz CT molecular complexity index is 457. The standard InChI is InChI=1S/C12H14Br2N2OS/c13-9-5-10(18-11(9)14)12(17)16-7-1-2-8(16)4-6(15)3-7/h5-8H,1-4,15H2. The lowest BCUT2D eigenvalue weighted by molar-refractivity contribution is 0.0580. The summed E-state index contributed by atoms with van der Waals surface area (Å²) in [5.41, 5.74) is 6.03. The first-order valence-electron chi connectivity index (χ1n) is 6.09. The minimum atomic E-state index is 0.172. The highest BCUT2D eigenvalue weighted by atomic mass is 79.9. The Labute approximate surface area is 127 Å². The second-order valence-electron chi connectivity index (χ2n) is 5.06. The number of hydrogen-bond donors (Lipinski definition) is 1. The molecule has 0 saturated carbocycles. The Morgan fingerprint density at radius 2 is 1.94 bits per heavy atom. The minimum Gasteiger partial charge on any atom is -0.332 e. The van der Waals surface area contributed by atoms with E-state index in [9.17, 15) is 4.79 Å². The zero-order valence-corrected chi connectivity index (χ0v) is 13.7. The van der Waals surface area contributed by atoms with Crippen LogP contribution in [-0.2, 0) is 0 Å². The molecule has 2 aliphatic heterocycles. The molecule has 3 heterocycles. The largest absolute Gasteiger partial charge is 0.332 e. The minimum absolute atomic E-state index is 0.172. The van der Waals surface area contributed by atoms with Gasteiger partial charge < -0.3 is 10.6 Å². The summed E-state index contributed by atoms with van der Waals surface area (Å²) in [6.45, 7) is 0. The molecule has 3 rings (SSSR count). The number of amides is 1. The van der Waals surface area contributed by atoms with E-state index in [1.165, 1.54) is 11.3 Å². The highest BCUT2D eigenvalue weighted by Gasteiger charge is 2.42. The summed E-state index contributed by atoms with van der Waals surface area (Å²) < 4.78 is 1.93. The maximum absolute atomic E-state index is 12.6. The topological polar surface area (TPSA) is 46.3 Å². The van der Waals surface area contributed by atoms with Crippen molar-refractivity contribution in [2.24, 2.45) is 5.73 Å². The van der Waals surface area contributed by atoms with Crippen molar-refractivity contribution in [3.63, 3.8) is 0 Å². The van der Waals surface area contributed by atoms with Crippen molar-refractivity contribution >= 4 is 49.1 Å². The van der Waals surface area contributed by atoms with Crippen LogP contribution in [0, 0.1) is 0 Å². The number of nitrogens with two attached hydrogens (primary N) is 1. The summed E-state index contributed by atoms with van der Waals surface area (Å²) >= 11 is 8.38. The van der Waals surface area contributed by atoms with E-state index in [0.29, 0.717) is 12.1 Å². The van der Waals surface area contributed by atoms with Crippen LogP contribution in [0.15, 0.2) is 14.3 Å². The van der Waals surface area contributed by atoms with Crippen LogP contribution in [0.4, 0.5) is 0 Å². The van der Waals surface area contributed by atoms with Crippen LogP contribution in [0.25, 0.3) is 0 Å². The molecule has 0 spiro atoms. The first kappa shape index (κ1) is 13.1. The number of halogens is 2. The molecule has 3 nitrogen and oxygen atoms in total. The molecule has 1 aromatic heterocycles. The maximum atomic E-state index is 12.6. The molecule has 2 aliphatic rings. The molecular weight excluding hydrogens is 380 g/mol. The summed E-state index contributed by atoms with van der Waals surface area (Å²) in [4.78, 5) is 15.5. The van der Waals surface area contributed by atoms with Gasteiger partial charge in [0.25, 0.3) is 5.91 Å². The predicted octanol–water partition coefficient (Wildman–Crippen LogP) is 3.37. The van der Waals surface area contributed by atoms with Crippen LogP contribution in [0.2, 0.25) is 0 Å². The third-order valence-electron chi connectivity index (χ3n) is 3.86. The number of nitrogens with zero attached hydrogens (tertiary/aromatic N) is 1. The molecule has 2 bridgehead atoms. The first-order valence-corrected chi connectivity index (χ1v) is 8.49. The number of thiophene rings is 1. The number of rotatable bonds is 1. The Morgan fingerprint density at radius 1 is 1.33 bits per heavy atom. The van der Waals surface area contributed by atoms with Gasteiger partial charge in [-0.15, -0.1) is 11.3 Å². The SMILES string of the molecule is NC1CC2CCC(C1)N2C(=O)c1cc(Br)c(Br)s1. The fourth-order valence-electron chi connectivity index (χ4n) is 3.13. The molecule has 18 heavy (non-hydrogen) atoms. The van der Waals surface area contributed by atoms with Crippen molar-refractivity contribution in [2.45, 2.75) is 43.8 Å². The number of carbonyl (C=O) groups excluding carboxylic acids is 1. The monoisotopic (exact) mass is 392 g/mol. The first-order chi connectivity index (χ1) is 8.56. The van der Waals surface area contributed by atoms with Crippen molar-refractivity contribution < 1.29 is 4.79 Å². The molecule has 2 saturated heterocycles. The number of fused-ring (bicyclic) bond motifs is 2. The summed E-state index contributed by atoms with van der Waals surface area (Å²) in [5, 5.41) is 0. The summed E-state index contributed by atoms with van der Waals surface area (Å²) in [5.74, 6) is 0.172. The Hall–Kier alpha value is 0.0900. The molecule has 1 aromatic rings. The fourth-order valence-corrected chi connectivity index (χ4v) is 5.11. The average molecular weight is 394 g/mol. The van der Waals surface area contributed by atoms with Gasteiger partial charge in [0, 0.05) is 22.6 Å². The molecule has 1 amide bonds. The van der Waals surface area contributed by atoms with Crippen LogP contribution in [0.3, 0.4) is 0 Å². The fraction of sp³-hybridized carbons (Fsp3) is 0.583. The van der Waals surface area contributed by atoms with Crippen LogP contribution >= 0.6 is 43.2 Å². The Morgan fingerprint density at radius 3 is 2.44 bits per heavy atom. The van der Waals surface area contributed by atoms with Gasteiger partial charge in [-0.25, -0.2) is 0 Å². The van der Waals surface area contributed by atoms with Crippen LogP contribution in [0.1, 0.15) is 35.4 Å². The zero-order valence-electron chi connectivity index (χ0n) is 9.73. The number of piperidine rings is 1. The smallest absolute Gasteiger partial charge is 0.264 e. The van der Waals surface area contributed by atoms with Crippen molar-refractivity contribution in [2.75, 3.05) is 0 Å². The van der Waals surface area contributed by atoms with Gasteiger partial charge in [0.1, 0.15) is 0 Å². The van der Waals surface area contributed by atoms with Gasteiger partial charge in [-0.1, -0.05) is 0 Å². The second kappa shape index (κ2) is 4.89. The van der Waals surface area contributed by atoms with E-state index in [1.54, 1.807) is 0 Å². The van der Waals surface area contributed by atoms with E-state index >= 15 is 0 Å². The van der Waals surface area contributed by atoms with E-state index in [0.717, 1.165) is 38.8 Å². The summed E-state index contributed by atoms with van der Waals surface area (Å²) in [6.07, 6.45) is 4.13. The van der Waals surface area contributed by atoms with E-state index in [2.05, 4.69) is 36.8 Å². The molecule has 2 unspecified atom stereocenters. The average Bonchev–Trinajstić information content (AvgIpc) is 2.78. The van der Waals surface area contributed by atoms with E-state index in [-0.39, 0.29) is 11.9 Å². The Kier molecular flexibility index (Phi) is 3.55. The van der Waals surface area contributed by atoms with Crippen LogP contribution in [-0.4, -0.2) is 28.9 Å². The number of carbonyl (C=O) groups is 1. The van der Waals surface area contributed by atoms with Crippen LogP contribution < -0.4 is 5.73 Å². The van der Waals surface area contributed by atoms with Crippen molar-refractivity contribution in [3.8, 4) is 0 Å². The Balaban J connectivity index is 1.85. The highest BCUT2D eigenvalue weighted by Crippen LogP contribution is 2.39. The second-order valence-corrected chi connectivity index (χ2v) is 8.29. The molecule has 2 N–H and O–H groups in total. The van der Waals surface area contributed by atoms with Gasteiger partial charge in [0.15, 0.2) is 0 Å². The normalized spacial score (nSPS) is 30.8. The number of hydrogen-bond acceptors (Lipinski definition) is 3. The zero-order chi connectivity index (χ0) is 12.9. The molecule has 0 aliphatic carbocycles. The molecular formula is C12H14Br2N2OS. The van der Waals surface area contributed by atoms with E-state index in [4.69, 9.17) is 5.73 Å². The van der Waals surface area contributed by atoms with Crippen LogP contribution in [0.5, 0.6) is 0 Å². The third kappa shape index (κ3) is 2.17. The molecule has 0 aromatic carbocycles. The van der Waals surface area contributed by atoms with Gasteiger partial charge >= 0.3 is 0 Å². The molecule has 98 valence electrons. The van der Waals surface area contributed by atoms with E-state index < -0.39 is 0 Å². The highest BCUT2D eigenvalue weighted by molar-refractivity contribution is 9.13. The summed E-state index contributed by atoms with van der Waals surface area (Å²) in [6, 6.07) is 2.88.